The highest BCUT2D eigenvalue weighted by Gasteiger charge is 2.29. The predicted octanol–water partition coefficient (Wildman–Crippen LogP) is 3.62. The fourth-order valence-corrected chi connectivity index (χ4v) is 4.28. The molecule has 0 saturated carbocycles. The molecule has 1 aliphatic heterocycles. The Morgan fingerprint density at radius 1 is 0.938 bits per heavy atom. The summed E-state index contributed by atoms with van der Waals surface area (Å²) in [5.74, 6) is 1.06. The number of likely N-dealkylation sites (N-methyl/N-ethyl adjacent to an activating group) is 1. The largest absolute Gasteiger partial charge is 0.341 e. The van der Waals surface area contributed by atoms with Gasteiger partial charge in [-0.2, -0.15) is 0 Å². The normalized spacial score (nSPS) is 17.4. The third-order valence-electron chi connectivity index (χ3n) is 6.12. The summed E-state index contributed by atoms with van der Waals surface area (Å²) in [5, 5.41) is 0. The van der Waals surface area contributed by atoms with Crippen molar-refractivity contribution in [3.05, 3.63) is 78.1 Å². The van der Waals surface area contributed by atoms with Gasteiger partial charge in [0, 0.05) is 69.5 Å². The second-order valence-electron chi connectivity index (χ2n) is 8.35. The maximum Gasteiger partial charge on any atom is 0.227 e. The molecule has 1 amide bonds. The average Bonchev–Trinajstić information content (AvgIpc) is 2.99. The van der Waals surface area contributed by atoms with Gasteiger partial charge in [-0.1, -0.05) is 37.3 Å². The third kappa shape index (κ3) is 5.37. The Hall–Kier alpha value is -3.12. The molecule has 3 heterocycles. The maximum atomic E-state index is 13.2. The number of hydrogen-bond donors (Lipinski definition) is 0. The summed E-state index contributed by atoms with van der Waals surface area (Å²) < 4.78 is 0. The Labute approximate surface area is 190 Å². The Morgan fingerprint density at radius 3 is 2.38 bits per heavy atom. The van der Waals surface area contributed by atoms with E-state index in [1.807, 2.05) is 29.6 Å². The second kappa shape index (κ2) is 10.5. The number of amides is 1. The molecule has 6 heteroatoms. The lowest BCUT2D eigenvalue weighted by Crippen LogP contribution is -2.37. The summed E-state index contributed by atoms with van der Waals surface area (Å²) in [6.07, 6.45) is 9.07. The van der Waals surface area contributed by atoms with Crippen LogP contribution >= 0.6 is 0 Å². The highest BCUT2D eigenvalue weighted by atomic mass is 16.2. The average molecular weight is 430 g/mol. The number of aryl methyl sites for hydroxylation is 1. The van der Waals surface area contributed by atoms with Gasteiger partial charge >= 0.3 is 0 Å². The van der Waals surface area contributed by atoms with Gasteiger partial charge in [0.05, 0.1) is 5.92 Å². The van der Waals surface area contributed by atoms with E-state index >= 15 is 0 Å². The molecule has 6 nitrogen and oxygen atoms in total. The molecule has 1 fully saturated rings. The first-order valence-corrected chi connectivity index (χ1v) is 11.5. The van der Waals surface area contributed by atoms with Crippen LogP contribution in [-0.2, 0) is 24.2 Å². The number of rotatable bonds is 7. The van der Waals surface area contributed by atoms with Crippen molar-refractivity contribution in [1.29, 1.82) is 0 Å². The zero-order valence-corrected chi connectivity index (χ0v) is 18.9. The number of carbonyl (C=O) groups is 1. The topological polar surface area (TPSA) is 62.2 Å². The van der Waals surface area contributed by atoms with Crippen molar-refractivity contribution in [3.63, 3.8) is 0 Å². The summed E-state index contributed by atoms with van der Waals surface area (Å²) in [4.78, 5) is 30.6. The number of aromatic nitrogens is 3. The van der Waals surface area contributed by atoms with Crippen LogP contribution in [0.1, 0.15) is 30.8 Å². The number of carbonyl (C=O) groups excluding carboxylic acids is 1. The molecule has 1 saturated heterocycles. The van der Waals surface area contributed by atoms with Gasteiger partial charge in [0.1, 0.15) is 5.82 Å². The van der Waals surface area contributed by atoms with E-state index in [-0.39, 0.29) is 11.8 Å². The molecular formula is C26H31N5O. The highest BCUT2D eigenvalue weighted by molar-refractivity contribution is 5.79. The van der Waals surface area contributed by atoms with Crippen LogP contribution in [0.15, 0.2) is 61.2 Å². The molecule has 0 aliphatic carbocycles. The minimum absolute atomic E-state index is 0.0578. The van der Waals surface area contributed by atoms with E-state index in [4.69, 9.17) is 0 Å². The van der Waals surface area contributed by atoms with Crippen LogP contribution in [0.2, 0.25) is 0 Å². The van der Waals surface area contributed by atoms with Crippen molar-refractivity contribution in [2.24, 2.45) is 5.92 Å². The van der Waals surface area contributed by atoms with Crippen molar-refractivity contribution in [3.8, 4) is 11.1 Å². The van der Waals surface area contributed by atoms with E-state index in [9.17, 15) is 4.79 Å². The standard InChI is InChI=1S/C26H31N5O/c1-3-25-28-15-21(16-29-25)18-30-12-13-31(4-2)26(32)24(19-30)14-20-7-9-22(10-8-20)23-6-5-11-27-17-23/h5-11,15-17,24H,3-4,12-14,18-19H2,1-2H3/t24-/m0/s1. The van der Waals surface area contributed by atoms with Gasteiger partial charge in [0.25, 0.3) is 0 Å². The maximum absolute atomic E-state index is 13.2. The van der Waals surface area contributed by atoms with Gasteiger partial charge in [-0.15, -0.1) is 0 Å². The van der Waals surface area contributed by atoms with Crippen LogP contribution in [0.3, 0.4) is 0 Å². The van der Waals surface area contributed by atoms with E-state index in [1.165, 1.54) is 5.56 Å². The fraction of sp³-hybridized carbons (Fsp3) is 0.385. The monoisotopic (exact) mass is 429 g/mol. The summed E-state index contributed by atoms with van der Waals surface area (Å²) >= 11 is 0. The molecule has 0 bridgehead atoms. The first kappa shape index (κ1) is 22.1. The van der Waals surface area contributed by atoms with Gasteiger partial charge < -0.3 is 4.90 Å². The quantitative estimate of drug-likeness (QED) is 0.574. The first-order chi connectivity index (χ1) is 15.7. The van der Waals surface area contributed by atoms with Crippen molar-refractivity contribution in [2.45, 2.75) is 33.2 Å². The lowest BCUT2D eigenvalue weighted by molar-refractivity contribution is -0.134. The van der Waals surface area contributed by atoms with Crippen molar-refractivity contribution < 1.29 is 4.79 Å². The molecular weight excluding hydrogens is 398 g/mol. The lowest BCUT2D eigenvalue weighted by Gasteiger charge is -2.23. The Bertz CT molecular complexity index is 1000. The van der Waals surface area contributed by atoms with E-state index in [0.717, 1.165) is 68.1 Å². The number of pyridine rings is 1. The van der Waals surface area contributed by atoms with Gasteiger partial charge in [0.2, 0.25) is 5.91 Å². The van der Waals surface area contributed by atoms with E-state index < -0.39 is 0 Å². The molecule has 0 radical (unpaired) electrons. The van der Waals surface area contributed by atoms with Crippen LogP contribution in [0.4, 0.5) is 0 Å². The lowest BCUT2D eigenvalue weighted by atomic mass is 9.96. The second-order valence-corrected chi connectivity index (χ2v) is 8.35. The van der Waals surface area contributed by atoms with Gasteiger partial charge in [0.15, 0.2) is 0 Å². The van der Waals surface area contributed by atoms with Crippen LogP contribution in [0, 0.1) is 5.92 Å². The summed E-state index contributed by atoms with van der Waals surface area (Å²) in [7, 11) is 0. The Kier molecular flexibility index (Phi) is 7.22. The molecule has 32 heavy (non-hydrogen) atoms. The number of nitrogens with zero attached hydrogens (tertiary/aromatic N) is 5. The molecule has 0 spiro atoms. The SMILES string of the molecule is CCc1ncc(CN2CCN(CC)C(=O)[C@@H](Cc3ccc(-c4cccnc4)cc3)C2)cn1. The zero-order chi connectivity index (χ0) is 22.3. The van der Waals surface area contributed by atoms with E-state index in [2.05, 4.69) is 64.0 Å². The molecule has 1 aromatic carbocycles. The predicted molar refractivity (Wildman–Crippen MR) is 126 cm³/mol. The van der Waals surface area contributed by atoms with Crippen LogP contribution < -0.4 is 0 Å². The van der Waals surface area contributed by atoms with Crippen molar-refractivity contribution in [1.82, 2.24) is 24.8 Å². The molecule has 1 aliphatic rings. The Morgan fingerprint density at radius 2 is 1.72 bits per heavy atom. The van der Waals surface area contributed by atoms with Crippen molar-refractivity contribution >= 4 is 5.91 Å². The van der Waals surface area contributed by atoms with Gasteiger partial charge in [-0.05, 0) is 36.1 Å². The minimum atomic E-state index is -0.0578. The minimum Gasteiger partial charge on any atom is -0.341 e. The van der Waals surface area contributed by atoms with E-state index in [0.29, 0.717) is 0 Å². The van der Waals surface area contributed by atoms with Gasteiger partial charge in [-0.3, -0.25) is 14.7 Å². The zero-order valence-electron chi connectivity index (χ0n) is 18.9. The van der Waals surface area contributed by atoms with Crippen LogP contribution in [0.25, 0.3) is 11.1 Å². The number of hydrogen-bond acceptors (Lipinski definition) is 5. The van der Waals surface area contributed by atoms with Crippen LogP contribution in [-0.4, -0.2) is 56.8 Å². The molecule has 0 N–H and O–H groups in total. The molecule has 1 atom stereocenters. The molecule has 0 unspecified atom stereocenters. The van der Waals surface area contributed by atoms with Crippen molar-refractivity contribution in [2.75, 3.05) is 26.2 Å². The first-order valence-electron chi connectivity index (χ1n) is 11.5. The molecule has 2 aromatic heterocycles. The summed E-state index contributed by atoms with van der Waals surface area (Å²) in [6.45, 7) is 8.01. The summed E-state index contributed by atoms with van der Waals surface area (Å²) in [6, 6.07) is 12.5. The third-order valence-corrected chi connectivity index (χ3v) is 6.12. The highest BCUT2D eigenvalue weighted by Crippen LogP contribution is 2.22. The van der Waals surface area contributed by atoms with Gasteiger partial charge in [-0.25, -0.2) is 9.97 Å². The number of benzene rings is 1. The van der Waals surface area contributed by atoms with Crippen LogP contribution in [0.5, 0.6) is 0 Å². The fourth-order valence-electron chi connectivity index (χ4n) is 4.28. The molecule has 3 aromatic rings. The van der Waals surface area contributed by atoms with E-state index in [1.54, 1.807) is 6.20 Å². The smallest absolute Gasteiger partial charge is 0.227 e. The molecule has 4 rings (SSSR count). The molecule has 166 valence electrons. The summed E-state index contributed by atoms with van der Waals surface area (Å²) in [5.41, 5.74) is 4.52. The Balaban J connectivity index is 1.47.